The van der Waals surface area contributed by atoms with E-state index in [1.807, 2.05) is 24.3 Å². The van der Waals surface area contributed by atoms with Crippen molar-refractivity contribution in [1.29, 1.82) is 0 Å². The van der Waals surface area contributed by atoms with Gasteiger partial charge in [-0.3, -0.25) is 0 Å². The van der Waals surface area contributed by atoms with Crippen LogP contribution in [0.1, 0.15) is 11.1 Å². The van der Waals surface area contributed by atoms with Gasteiger partial charge >= 0.3 is 6.18 Å². The summed E-state index contributed by atoms with van der Waals surface area (Å²) < 4.78 is 39.7. The first-order valence-corrected chi connectivity index (χ1v) is 8.69. The van der Waals surface area contributed by atoms with E-state index in [1.54, 1.807) is 0 Å². The molecule has 3 rings (SSSR count). The van der Waals surface area contributed by atoms with Crippen LogP contribution >= 0.6 is 27.5 Å². The molecule has 134 valence electrons. The molecule has 1 N–H and O–H groups in total. The van der Waals surface area contributed by atoms with E-state index in [-0.39, 0.29) is 16.5 Å². The molecule has 2 aromatic carbocycles. The Balaban J connectivity index is 1.85. The van der Waals surface area contributed by atoms with Gasteiger partial charge in [-0.2, -0.15) is 13.2 Å². The van der Waals surface area contributed by atoms with Crippen LogP contribution in [0.15, 0.2) is 59.1 Å². The van der Waals surface area contributed by atoms with Crippen LogP contribution in [0.2, 0.25) is 5.15 Å². The molecule has 0 saturated heterocycles. The summed E-state index contributed by atoms with van der Waals surface area (Å²) in [6.45, 7) is 0.489. The van der Waals surface area contributed by atoms with Crippen molar-refractivity contribution in [2.24, 2.45) is 0 Å². The van der Waals surface area contributed by atoms with E-state index in [0.717, 1.165) is 22.2 Å². The lowest BCUT2D eigenvalue weighted by molar-refractivity contribution is -0.137. The Kier molecular flexibility index (Phi) is 5.48. The quantitative estimate of drug-likeness (QED) is 0.490. The number of aromatic nitrogens is 2. The highest BCUT2D eigenvalue weighted by molar-refractivity contribution is 9.10. The maximum Gasteiger partial charge on any atom is 0.416 e. The summed E-state index contributed by atoms with van der Waals surface area (Å²) >= 11 is 9.38. The molecule has 0 spiro atoms. The molecule has 0 atom stereocenters. The zero-order valence-electron chi connectivity index (χ0n) is 13.2. The van der Waals surface area contributed by atoms with Gasteiger partial charge in [0.05, 0.1) is 5.56 Å². The molecule has 0 aliphatic heterocycles. The number of benzene rings is 2. The molecular weight excluding hydrogens is 431 g/mol. The molecule has 0 saturated carbocycles. The number of nitrogens with zero attached hydrogens (tertiary/aromatic N) is 2. The molecule has 1 heterocycles. The summed E-state index contributed by atoms with van der Waals surface area (Å²) in [5.74, 6) is 0.558. The van der Waals surface area contributed by atoms with Gasteiger partial charge in [-0.05, 0) is 29.8 Å². The predicted octanol–water partition coefficient (Wildman–Crippen LogP) is 6.19. The Morgan fingerprint density at radius 1 is 1.00 bits per heavy atom. The summed E-state index contributed by atoms with van der Waals surface area (Å²) in [7, 11) is 0. The lowest BCUT2D eigenvalue weighted by atomic mass is 10.1. The van der Waals surface area contributed by atoms with Gasteiger partial charge in [0.2, 0.25) is 0 Å². The molecule has 0 unspecified atom stereocenters. The average Bonchev–Trinajstić information content (AvgIpc) is 2.60. The normalized spacial score (nSPS) is 11.4. The van der Waals surface area contributed by atoms with E-state index >= 15 is 0 Å². The maximum atomic E-state index is 12.9. The van der Waals surface area contributed by atoms with Crippen LogP contribution in [0.3, 0.4) is 0 Å². The number of halogens is 5. The third kappa shape index (κ3) is 4.74. The Labute approximate surface area is 161 Å². The lowest BCUT2D eigenvalue weighted by Crippen LogP contribution is -2.06. The van der Waals surface area contributed by atoms with Gasteiger partial charge < -0.3 is 5.32 Å². The van der Waals surface area contributed by atoms with Gasteiger partial charge in [0.25, 0.3) is 0 Å². The average molecular weight is 443 g/mol. The minimum absolute atomic E-state index is 0.127. The van der Waals surface area contributed by atoms with Crippen molar-refractivity contribution < 1.29 is 13.2 Å². The van der Waals surface area contributed by atoms with Gasteiger partial charge in [-0.25, -0.2) is 9.97 Å². The van der Waals surface area contributed by atoms with Crippen molar-refractivity contribution in [3.63, 3.8) is 0 Å². The van der Waals surface area contributed by atoms with Crippen LogP contribution in [0.5, 0.6) is 0 Å². The minimum Gasteiger partial charge on any atom is -0.366 e. The highest BCUT2D eigenvalue weighted by Gasteiger charge is 2.30. The minimum atomic E-state index is -4.43. The second-order valence-electron chi connectivity index (χ2n) is 5.46. The number of hydrogen-bond acceptors (Lipinski definition) is 3. The van der Waals surface area contributed by atoms with Gasteiger partial charge in [0.1, 0.15) is 11.0 Å². The predicted molar refractivity (Wildman–Crippen MR) is 98.9 cm³/mol. The van der Waals surface area contributed by atoms with Gasteiger partial charge in [-0.15, -0.1) is 0 Å². The molecule has 26 heavy (non-hydrogen) atoms. The standard InChI is InChI=1S/C18H12BrClF3N3/c19-14-6-4-11(5-7-14)10-24-16-9-15(20)25-17(26-16)12-2-1-3-13(8-12)18(21,22)23/h1-9H,10H2,(H,24,25,26). The lowest BCUT2D eigenvalue weighted by Gasteiger charge is -2.10. The van der Waals surface area contributed by atoms with E-state index in [4.69, 9.17) is 11.6 Å². The molecule has 3 nitrogen and oxygen atoms in total. The second kappa shape index (κ2) is 7.63. The van der Waals surface area contributed by atoms with Crippen molar-refractivity contribution in [2.45, 2.75) is 12.7 Å². The molecule has 0 amide bonds. The van der Waals surface area contributed by atoms with E-state index < -0.39 is 11.7 Å². The first-order chi connectivity index (χ1) is 12.3. The monoisotopic (exact) mass is 441 g/mol. The number of nitrogens with one attached hydrogen (secondary N) is 1. The molecule has 0 bridgehead atoms. The Morgan fingerprint density at radius 2 is 1.73 bits per heavy atom. The van der Waals surface area contributed by atoms with E-state index in [0.29, 0.717) is 12.4 Å². The molecule has 0 aliphatic rings. The van der Waals surface area contributed by atoms with E-state index in [2.05, 4.69) is 31.2 Å². The van der Waals surface area contributed by atoms with E-state index in [9.17, 15) is 13.2 Å². The fraction of sp³-hybridized carbons (Fsp3) is 0.111. The number of alkyl halides is 3. The molecule has 0 fully saturated rings. The third-order valence-corrected chi connectivity index (χ3v) is 4.25. The largest absolute Gasteiger partial charge is 0.416 e. The van der Waals surface area contributed by atoms with Crippen LogP contribution < -0.4 is 5.32 Å². The number of rotatable bonds is 4. The van der Waals surface area contributed by atoms with Gasteiger partial charge in [0.15, 0.2) is 5.82 Å². The van der Waals surface area contributed by atoms with E-state index in [1.165, 1.54) is 18.2 Å². The Bertz CT molecular complexity index is 914. The first-order valence-electron chi connectivity index (χ1n) is 7.52. The SMILES string of the molecule is FC(F)(F)c1cccc(-c2nc(Cl)cc(NCc3ccc(Br)cc3)n2)c1. The molecular formula is C18H12BrClF3N3. The highest BCUT2D eigenvalue weighted by Crippen LogP contribution is 2.32. The van der Waals surface area contributed by atoms with Crippen LogP contribution in [0.25, 0.3) is 11.4 Å². The van der Waals surface area contributed by atoms with Crippen LogP contribution in [0.4, 0.5) is 19.0 Å². The number of hydrogen-bond donors (Lipinski definition) is 1. The van der Waals surface area contributed by atoms with Gasteiger partial charge in [0, 0.05) is 22.6 Å². The van der Waals surface area contributed by atoms with Gasteiger partial charge in [-0.1, -0.05) is 51.8 Å². The fourth-order valence-electron chi connectivity index (χ4n) is 2.27. The first kappa shape index (κ1) is 18.7. The topological polar surface area (TPSA) is 37.8 Å². The summed E-state index contributed by atoms with van der Waals surface area (Å²) in [6.07, 6.45) is -4.43. The summed E-state index contributed by atoms with van der Waals surface area (Å²) in [4.78, 5) is 8.31. The Hall–Kier alpha value is -2.12. The van der Waals surface area contributed by atoms with Crippen LogP contribution in [-0.2, 0) is 12.7 Å². The zero-order valence-corrected chi connectivity index (χ0v) is 15.5. The second-order valence-corrected chi connectivity index (χ2v) is 6.76. The maximum absolute atomic E-state index is 12.9. The summed E-state index contributed by atoms with van der Waals surface area (Å²) in [5.41, 5.74) is 0.500. The summed E-state index contributed by atoms with van der Waals surface area (Å²) in [5, 5.41) is 3.25. The molecule has 1 aromatic heterocycles. The molecule has 0 radical (unpaired) electrons. The fourth-order valence-corrected chi connectivity index (χ4v) is 2.71. The molecule has 3 aromatic rings. The van der Waals surface area contributed by atoms with Crippen molar-refractivity contribution in [3.05, 3.63) is 75.4 Å². The number of anilines is 1. The third-order valence-electron chi connectivity index (χ3n) is 3.53. The van der Waals surface area contributed by atoms with Crippen molar-refractivity contribution in [3.8, 4) is 11.4 Å². The van der Waals surface area contributed by atoms with Crippen LogP contribution in [-0.4, -0.2) is 9.97 Å². The van der Waals surface area contributed by atoms with Crippen molar-refractivity contribution in [2.75, 3.05) is 5.32 Å². The zero-order chi connectivity index (χ0) is 18.7. The van der Waals surface area contributed by atoms with Crippen molar-refractivity contribution in [1.82, 2.24) is 9.97 Å². The summed E-state index contributed by atoms with van der Waals surface area (Å²) in [6, 6.07) is 14.1. The molecule has 8 heteroatoms. The van der Waals surface area contributed by atoms with Crippen LogP contribution in [0, 0.1) is 0 Å². The smallest absolute Gasteiger partial charge is 0.366 e. The highest BCUT2D eigenvalue weighted by atomic mass is 79.9. The Morgan fingerprint density at radius 3 is 2.42 bits per heavy atom. The van der Waals surface area contributed by atoms with Crippen molar-refractivity contribution >= 4 is 33.3 Å². The molecule has 0 aliphatic carbocycles.